The maximum Gasteiger partial charge on any atom is 0.261 e. The van der Waals surface area contributed by atoms with E-state index in [4.69, 9.17) is 5.26 Å². The smallest absolute Gasteiger partial charge is 0.261 e. The van der Waals surface area contributed by atoms with Crippen LogP contribution in [0.3, 0.4) is 0 Å². The van der Waals surface area contributed by atoms with E-state index in [1.54, 1.807) is 36.4 Å². The molecule has 130 valence electrons. The Kier molecular flexibility index (Phi) is 4.65. The normalized spacial score (nSPS) is 15.3. The van der Waals surface area contributed by atoms with E-state index in [1.807, 2.05) is 6.07 Å². The molecule has 6 heteroatoms. The van der Waals surface area contributed by atoms with Crippen molar-refractivity contribution < 1.29 is 19.5 Å². The fourth-order valence-corrected chi connectivity index (χ4v) is 3.04. The highest BCUT2D eigenvalue weighted by Crippen LogP contribution is 2.28. The van der Waals surface area contributed by atoms with Gasteiger partial charge >= 0.3 is 0 Å². The summed E-state index contributed by atoms with van der Waals surface area (Å²) in [6.07, 6.45) is -1.19. The van der Waals surface area contributed by atoms with Crippen LogP contribution in [0.2, 0.25) is 0 Å². The number of carbonyl (C=O) groups excluding carboxylic acids is 3. The molecule has 0 fully saturated rings. The Morgan fingerprint density at radius 1 is 1.08 bits per heavy atom. The van der Waals surface area contributed by atoms with Gasteiger partial charge in [0.1, 0.15) is 5.78 Å². The van der Waals surface area contributed by atoms with Gasteiger partial charge in [0.05, 0.1) is 34.8 Å². The number of nitriles is 1. The number of rotatable bonds is 5. The number of hydrogen-bond donors (Lipinski definition) is 1. The van der Waals surface area contributed by atoms with Gasteiger partial charge < -0.3 is 5.11 Å². The molecule has 0 radical (unpaired) electrons. The monoisotopic (exact) mass is 348 g/mol. The maximum absolute atomic E-state index is 12.5. The standard InChI is InChI=1S/C20H16N2O4/c1-12(23)17(18(24)14-8-6-13(10-21)7-9-14)11-22-19(25)15-4-2-3-5-16(15)20(22)26/h2-9,17-18,24H,11H2,1H3. The molecule has 0 aliphatic carbocycles. The lowest BCUT2D eigenvalue weighted by Gasteiger charge is -2.25. The number of aliphatic hydroxyl groups excluding tert-OH is 1. The number of imide groups is 1. The molecule has 26 heavy (non-hydrogen) atoms. The average Bonchev–Trinajstić information content (AvgIpc) is 2.90. The van der Waals surface area contributed by atoms with Crippen molar-refractivity contribution in [3.8, 4) is 6.07 Å². The fourth-order valence-electron chi connectivity index (χ4n) is 3.04. The summed E-state index contributed by atoms with van der Waals surface area (Å²) < 4.78 is 0. The number of benzene rings is 2. The van der Waals surface area contributed by atoms with Gasteiger partial charge in [0, 0.05) is 6.54 Å². The Hall–Kier alpha value is -3.30. The lowest BCUT2D eigenvalue weighted by molar-refractivity contribution is -0.124. The number of carbonyl (C=O) groups is 3. The van der Waals surface area contributed by atoms with E-state index in [0.29, 0.717) is 22.3 Å². The van der Waals surface area contributed by atoms with Crippen molar-refractivity contribution in [2.24, 2.45) is 5.92 Å². The number of nitrogens with zero attached hydrogens (tertiary/aromatic N) is 2. The number of amides is 2. The highest BCUT2D eigenvalue weighted by atomic mass is 16.3. The summed E-state index contributed by atoms with van der Waals surface area (Å²) in [6.45, 7) is 1.11. The number of hydrogen-bond acceptors (Lipinski definition) is 5. The van der Waals surface area contributed by atoms with E-state index in [1.165, 1.54) is 19.1 Å². The van der Waals surface area contributed by atoms with E-state index in [9.17, 15) is 19.5 Å². The summed E-state index contributed by atoms with van der Waals surface area (Å²) in [5.74, 6) is -2.23. The molecule has 0 saturated carbocycles. The molecule has 0 aromatic heterocycles. The molecule has 2 aromatic rings. The number of fused-ring (bicyclic) bond motifs is 1. The van der Waals surface area contributed by atoms with Crippen molar-refractivity contribution in [1.29, 1.82) is 5.26 Å². The second-order valence-electron chi connectivity index (χ2n) is 6.16. The van der Waals surface area contributed by atoms with Crippen molar-refractivity contribution in [1.82, 2.24) is 4.90 Å². The molecule has 2 aromatic carbocycles. The average molecular weight is 348 g/mol. The second kappa shape index (κ2) is 6.90. The molecule has 3 rings (SSSR count). The van der Waals surface area contributed by atoms with Crippen LogP contribution in [0.4, 0.5) is 0 Å². The molecule has 2 amide bonds. The Morgan fingerprint density at radius 2 is 1.62 bits per heavy atom. The first kappa shape index (κ1) is 17.5. The minimum absolute atomic E-state index is 0.206. The van der Waals surface area contributed by atoms with E-state index >= 15 is 0 Å². The van der Waals surface area contributed by atoms with E-state index in [2.05, 4.69) is 0 Å². The predicted octanol–water partition coefficient (Wildman–Crippen LogP) is 2.09. The molecular formula is C20H16N2O4. The Balaban J connectivity index is 1.85. The van der Waals surface area contributed by atoms with E-state index in [-0.39, 0.29) is 12.3 Å². The van der Waals surface area contributed by atoms with Crippen molar-refractivity contribution in [2.75, 3.05) is 6.54 Å². The number of aliphatic hydroxyl groups is 1. The van der Waals surface area contributed by atoms with Gasteiger partial charge in [-0.2, -0.15) is 5.26 Å². The van der Waals surface area contributed by atoms with Crippen LogP contribution in [-0.4, -0.2) is 34.1 Å². The first-order valence-corrected chi connectivity index (χ1v) is 8.08. The van der Waals surface area contributed by atoms with Gasteiger partial charge in [0.25, 0.3) is 11.8 Å². The highest BCUT2D eigenvalue weighted by Gasteiger charge is 2.39. The quantitative estimate of drug-likeness (QED) is 0.834. The second-order valence-corrected chi connectivity index (χ2v) is 6.16. The molecule has 0 spiro atoms. The van der Waals surface area contributed by atoms with Crippen molar-refractivity contribution in [2.45, 2.75) is 13.0 Å². The van der Waals surface area contributed by atoms with Gasteiger partial charge in [-0.15, -0.1) is 0 Å². The Bertz CT molecular complexity index is 893. The zero-order chi connectivity index (χ0) is 18.8. The maximum atomic E-state index is 12.5. The first-order chi connectivity index (χ1) is 12.4. The minimum Gasteiger partial charge on any atom is -0.388 e. The molecule has 0 saturated heterocycles. The van der Waals surface area contributed by atoms with Gasteiger partial charge in [-0.1, -0.05) is 24.3 Å². The molecule has 2 atom stereocenters. The van der Waals surface area contributed by atoms with Crippen molar-refractivity contribution in [3.63, 3.8) is 0 Å². The predicted molar refractivity (Wildman–Crippen MR) is 92.1 cm³/mol. The Labute approximate surface area is 150 Å². The summed E-state index contributed by atoms with van der Waals surface area (Å²) in [4.78, 5) is 38.1. The molecule has 1 aliphatic rings. The van der Waals surface area contributed by atoms with Crippen LogP contribution in [-0.2, 0) is 4.79 Å². The minimum atomic E-state index is -1.19. The SMILES string of the molecule is CC(=O)C(CN1C(=O)c2ccccc2C1=O)C(O)c1ccc(C#N)cc1. The van der Waals surface area contributed by atoms with E-state index < -0.39 is 23.8 Å². The fraction of sp³-hybridized carbons (Fsp3) is 0.200. The molecule has 1 N–H and O–H groups in total. The zero-order valence-electron chi connectivity index (χ0n) is 14.0. The summed E-state index contributed by atoms with van der Waals surface area (Å²) >= 11 is 0. The molecule has 2 unspecified atom stereocenters. The lowest BCUT2D eigenvalue weighted by Crippen LogP contribution is -2.39. The van der Waals surface area contributed by atoms with Gasteiger partial charge in [-0.3, -0.25) is 19.3 Å². The summed E-state index contributed by atoms with van der Waals surface area (Å²) in [6, 6.07) is 14.6. The van der Waals surface area contributed by atoms with Gasteiger partial charge in [-0.05, 0) is 36.8 Å². The number of ketones is 1. The molecule has 1 heterocycles. The molecule has 0 bridgehead atoms. The number of Topliss-reactive ketones (excluding diaryl/α,β-unsaturated/α-hetero) is 1. The van der Waals surface area contributed by atoms with E-state index in [0.717, 1.165) is 4.90 Å². The van der Waals surface area contributed by atoms with Crippen molar-refractivity contribution in [3.05, 3.63) is 70.8 Å². The third-order valence-electron chi connectivity index (χ3n) is 4.54. The summed E-state index contributed by atoms with van der Waals surface area (Å²) in [5.41, 5.74) is 1.47. The molecule has 6 nitrogen and oxygen atoms in total. The first-order valence-electron chi connectivity index (χ1n) is 8.08. The summed E-state index contributed by atoms with van der Waals surface area (Å²) in [5, 5.41) is 19.5. The van der Waals surface area contributed by atoms with Crippen LogP contribution in [0.15, 0.2) is 48.5 Å². The zero-order valence-corrected chi connectivity index (χ0v) is 14.0. The topological polar surface area (TPSA) is 98.5 Å². The van der Waals surface area contributed by atoms with Crippen LogP contribution < -0.4 is 0 Å². The third kappa shape index (κ3) is 3.01. The van der Waals surface area contributed by atoms with Gasteiger partial charge in [0.2, 0.25) is 0 Å². The highest BCUT2D eigenvalue weighted by molar-refractivity contribution is 6.21. The van der Waals surface area contributed by atoms with Gasteiger partial charge in [0.15, 0.2) is 0 Å². The largest absolute Gasteiger partial charge is 0.388 e. The van der Waals surface area contributed by atoms with Crippen LogP contribution in [0, 0.1) is 17.2 Å². The lowest BCUT2D eigenvalue weighted by atomic mass is 9.91. The summed E-state index contributed by atoms with van der Waals surface area (Å²) in [7, 11) is 0. The van der Waals surface area contributed by atoms with Crippen LogP contribution >= 0.6 is 0 Å². The van der Waals surface area contributed by atoms with Crippen LogP contribution in [0.1, 0.15) is 44.9 Å². The van der Waals surface area contributed by atoms with Gasteiger partial charge in [-0.25, -0.2) is 0 Å². The third-order valence-corrected chi connectivity index (χ3v) is 4.54. The molecular weight excluding hydrogens is 332 g/mol. The van der Waals surface area contributed by atoms with Crippen LogP contribution in [0.25, 0.3) is 0 Å². The molecule has 1 aliphatic heterocycles. The Morgan fingerprint density at radius 3 is 2.08 bits per heavy atom. The van der Waals surface area contributed by atoms with Crippen LogP contribution in [0.5, 0.6) is 0 Å². The van der Waals surface area contributed by atoms with Crippen molar-refractivity contribution >= 4 is 17.6 Å².